The first-order valence-corrected chi connectivity index (χ1v) is 10.4. The fraction of sp³-hybridized carbons (Fsp3) is 0.154. The molecule has 1 fully saturated rings. The molecule has 0 spiro atoms. The minimum atomic E-state index is -4.68. The van der Waals surface area contributed by atoms with Gasteiger partial charge in [0.15, 0.2) is 0 Å². The van der Waals surface area contributed by atoms with E-state index in [1.165, 1.54) is 38.3 Å². The Morgan fingerprint density at radius 3 is 2.37 bits per heavy atom. The third-order valence-corrected chi connectivity index (χ3v) is 5.74. The maximum absolute atomic E-state index is 13.8. The first-order valence-electron chi connectivity index (χ1n) is 10.4. The molecule has 3 aromatic rings. The van der Waals surface area contributed by atoms with Crippen LogP contribution in [0, 0.1) is 12.7 Å². The maximum Gasteiger partial charge on any atom is 0.416 e. The monoisotopic (exact) mass is 485 g/mol. The average molecular weight is 485 g/mol. The number of hydrogen-bond acceptors (Lipinski definition) is 4. The smallest absolute Gasteiger partial charge is 0.416 e. The molecule has 4 rings (SSSR count). The molecule has 1 aliphatic heterocycles. The summed E-state index contributed by atoms with van der Waals surface area (Å²) >= 11 is 0. The summed E-state index contributed by atoms with van der Waals surface area (Å²) in [5, 5.41) is 11.1. The van der Waals surface area contributed by atoms with E-state index in [-0.39, 0.29) is 22.4 Å². The SMILES string of the molecule is COc1cccc(C2/C(=C(\O)c3ccc(F)c(C)c3)C(=O)C(=O)N2c2cccc(C(F)(F)F)c2)c1. The normalized spacial score (nSPS) is 17.7. The van der Waals surface area contributed by atoms with Crippen LogP contribution in [-0.4, -0.2) is 23.9 Å². The van der Waals surface area contributed by atoms with Gasteiger partial charge in [-0.15, -0.1) is 0 Å². The summed E-state index contributed by atoms with van der Waals surface area (Å²) in [6, 6.07) is 12.7. The predicted octanol–water partition coefficient (Wildman–Crippen LogP) is 5.79. The van der Waals surface area contributed by atoms with Crippen molar-refractivity contribution in [2.24, 2.45) is 0 Å². The molecule has 1 atom stereocenters. The quantitative estimate of drug-likeness (QED) is 0.220. The summed E-state index contributed by atoms with van der Waals surface area (Å²) in [5.41, 5.74) is -0.925. The molecule has 1 heterocycles. The number of anilines is 1. The lowest BCUT2D eigenvalue weighted by molar-refractivity contribution is -0.137. The lowest BCUT2D eigenvalue weighted by Gasteiger charge is -2.26. The molecule has 0 radical (unpaired) electrons. The number of halogens is 4. The van der Waals surface area contributed by atoms with Crippen molar-refractivity contribution in [3.05, 3.63) is 100 Å². The van der Waals surface area contributed by atoms with Gasteiger partial charge in [-0.05, 0) is 66.6 Å². The fourth-order valence-corrected chi connectivity index (χ4v) is 4.01. The van der Waals surface area contributed by atoms with Crippen LogP contribution in [0.2, 0.25) is 0 Å². The number of carbonyl (C=O) groups excluding carboxylic acids is 2. The number of ether oxygens (including phenoxy) is 1. The van der Waals surface area contributed by atoms with E-state index >= 15 is 0 Å². The van der Waals surface area contributed by atoms with Crippen molar-refractivity contribution >= 4 is 23.1 Å². The summed E-state index contributed by atoms with van der Waals surface area (Å²) in [4.78, 5) is 27.2. The molecule has 1 saturated heterocycles. The van der Waals surface area contributed by atoms with Gasteiger partial charge in [0.1, 0.15) is 17.3 Å². The van der Waals surface area contributed by atoms with Crippen LogP contribution < -0.4 is 9.64 Å². The summed E-state index contributed by atoms with van der Waals surface area (Å²) in [6.07, 6.45) is -4.68. The van der Waals surface area contributed by atoms with E-state index in [1.54, 1.807) is 18.2 Å². The summed E-state index contributed by atoms with van der Waals surface area (Å²) in [6.45, 7) is 1.47. The van der Waals surface area contributed by atoms with Crippen molar-refractivity contribution in [1.82, 2.24) is 0 Å². The third kappa shape index (κ3) is 4.37. The number of nitrogens with zero attached hydrogens (tertiary/aromatic N) is 1. The van der Waals surface area contributed by atoms with E-state index in [1.807, 2.05) is 0 Å². The van der Waals surface area contributed by atoms with Gasteiger partial charge < -0.3 is 9.84 Å². The zero-order valence-electron chi connectivity index (χ0n) is 18.6. The molecule has 1 aliphatic rings. The zero-order chi connectivity index (χ0) is 25.5. The maximum atomic E-state index is 13.8. The molecule has 35 heavy (non-hydrogen) atoms. The highest BCUT2D eigenvalue weighted by Gasteiger charge is 2.47. The Kier molecular flexibility index (Phi) is 6.10. The van der Waals surface area contributed by atoms with Gasteiger partial charge in [0.25, 0.3) is 11.7 Å². The van der Waals surface area contributed by atoms with Crippen LogP contribution in [0.15, 0.2) is 72.3 Å². The largest absolute Gasteiger partial charge is 0.507 e. The molecule has 1 N–H and O–H groups in total. The Morgan fingerprint density at radius 1 is 1.00 bits per heavy atom. The number of carbonyl (C=O) groups is 2. The van der Waals surface area contributed by atoms with Gasteiger partial charge in [-0.3, -0.25) is 14.5 Å². The van der Waals surface area contributed by atoms with Crippen molar-refractivity contribution < 1.29 is 37.0 Å². The Bertz CT molecular complexity index is 1360. The van der Waals surface area contributed by atoms with Crippen molar-refractivity contribution in [2.45, 2.75) is 19.1 Å². The summed E-state index contributed by atoms with van der Waals surface area (Å²) < 4.78 is 59.1. The number of Topliss-reactive ketones (excluding diaryl/α,β-unsaturated/α-hetero) is 1. The lowest BCUT2D eigenvalue weighted by Crippen LogP contribution is -2.29. The predicted molar refractivity (Wildman–Crippen MR) is 120 cm³/mol. The Morgan fingerprint density at radius 2 is 1.71 bits per heavy atom. The molecule has 0 saturated carbocycles. The number of hydrogen-bond donors (Lipinski definition) is 1. The first kappa shape index (κ1) is 24.0. The molecular formula is C26H19F4NO4. The van der Waals surface area contributed by atoms with Crippen molar-refractivity contribution in [1.29, 1.82) is 0 Å². The number of ketones is 1. The van der Waals surface area contributed by atoms with Gasteiger partial charge in [-0.25, -0.2) is 4.39 Å². The van der Waals surface area contributed by atoms with Crippen LogP contribution in [0.5, 0.6) is 5.75 Å². The van der Waals surface area contributed by atoms with E-state index in [4.69, 9.17) is 4.74 Å². The molecule has 0 aliphatic carbocycles. The minimum absolute atomic E-state index is 0.0823. The number of alkyl halides is 3. The molecule has 180 valence electrons. The van der Waals surface area contributed by atoms with Crippen LogP contribution >= 0.6 is 0 Å². The second kappa shape index (κ2) is 8.90. The number of amides is 1. The van der Waals surface area contributed by atoms with E-state index in [2.05, 4.69) is 0 Å². The van der Waals surface area contributed by atoms with Crippen LogP contribution in [0.3, 0.4) is 0 Å². The van der Waals surface area contributed by atoms with Gasteiger partial charge in [-0.1, -0.05) is 18.2 Å². The van der Waals surface area contributed by atoms with Gasteiger partial charge >= 0.3 is 6.18 Å². The molecule has 0 aromatic heterocycles. The standard InChI is InChI=1S/C26H19F4NO4/c1-14-11-16(9-10-20(14)27)23(32)21-22(15-5-3-8-19(12-15)35-2)31(25(34)24(21)33)18-7-4-6-17(13-18)26(28,29)30/h3-13,22,32H,1-2H3/b23-21+. The molecular weight excluding hydrogens is 466 g/mol. The molecule has 3 aromatic carbocycles. The van der Waals surface area contributed by atoms with Gasteiger partial charge in [0.05, 0.1) is 24.3 Å². The topological polar surface area (TPSA) is 66.8 Å². The van der Waals surface area contributed by atoms with Gasteiger partial charge in [0.2, 0.25) is 0 Å². The second-order valence-electron chi connectivity index (χ2n) is 7.96. The molecule has 1 amide bonds. The van der Waals surface area contributed by atoms with E-state index < -0.39 is 41.0 Å². The minimum Gasteiger partial charge on any atom is -0.507 e. The molecule has 9 heteroatoms. The first-order chi connectivity index (χ1) is 16.5. The fourth-order valence-electron chi connectivity index (χ4n) is 4.01. The summed E-state index contributed by atoms with van der Waals surface area (Å²) in [5.74, 6) is -2.94. The lowest BCUT2D eigenvalue weighted by atomic mass is 9.94. The highest BCUT2D eigenvalue weighted by Crippen LogP contribution is 2.44. The average Bonchev–Trinajstić information content (AvgIpc) is 3.10. The molecule has 0 bridgehead atoms. The zero-order valence-corrected chi connectivity index (χ0v) is 18.6. The number of aryl methyl sites for hydroxylation is 1. The number of aliphatic hydroxyl groups excluding tert-OH is 1. The molecule has 5 nitrogen and oxygen atoms in total. The van der Waals surface area contributed by atoms with Gasteiger partial charge in [-0.2, -0.15) is 13.2 Å². The second-order valence-corrected chi connectivity index (χ2v) is 7.96. The number of aliphatic hydroxyl groups is 1. The van der Waals surface area contributed by atoms with Crippen molar-refractivity contribution in [3.8, 4) is 5.75 Å². The Labute approximate surface area is 197 Å². The summed E-state index contributed by atoms with van der Waals surface area (Å²) in [7, 11) is 1.41. The molecule has 1 unspecified atom stereocenters. The van der Waals surface area contributed by atoms with Crippen LogP contribution in [0.4, 0.5) is 23.2 Å². The number of methoxy groups -OCH3 is 1. The van der Waals surface area contributed by atoms with Crippen LogP contribution in [-0.2, 0) is 15.8 Å². The Hall–Kier alpha value is -4.14. The van der Waals surface area contributed by atoms with E-state index in [9.17, 15) is 32.3 Å². The van der Waals surface area contributed by atoms with Crippen LogP contribution in [0.1, 0.15) is 28.3 Å². The van der Waals surface area contributed by atoms with Crippen molar-refractivity contribution in [3.63, 3.8) is 0 Å². The van der Waals surface area contributed by atoms with Gasteiger partial charge in [0, 0.05) is 11.3 Å². The van der Waals surface area contributed by atoms with E-state index in [0.29, 0.717) is 11.3 Å². The highest BCUT2D eigenvalue weighted by atomic mass is 19.4. The van der Waals surface area contributed by atoms with Crippen LogP contribution in [0.25, 0.3) is 5.76 Å². The Balaban J connectivity index is 1.97. The highest BCUT2D eigenvalue weighted by molar-refractivity contribution is 6.51. The number of rotatable bonds is 4. The third-order valence-electron chi connectivity index (χ3n) is 5.74. The number of benzene rings is 3. The van der Waals surface area contributed by atoms with E-state index in [0.717, 1.165) is 29.2 Å². The van der Waals surface area contributed by atoms with Crippen molar-refractivity contribution in [2.75, 3.05) is 12.0 Å².